The van der Waals surface area contributed by atoms with Crippen LogP contribution >= 0.6 is 0 Å². The van der Waals surface area contributed by atoms with Gasteiger partial charge < -0.3 is 10.1 Å². The monoisotopic (exact) mass is 363 g/mol. The lowest BCUT2D eigenvalue weighted by molar-refractivity contribution is 0.0505. The van der Waals surface area contributed by atoms with E-state index >= 15 is 0 Å². The molecule has 6 nitrogen and oxygen atoms in total. The molecule has 0 unspecified atom stereocenters. The Bertz CT molecular complexity index is 928. The molecule has 1 heterocycles. The highest BCUT2D eigenvalue weighted by molar-refractivity contribution is 6.04. The van der Waals surface area contributed by atoms with Gasteiger partial charge in [0, 0.05) is 17.4 Å². The van der Waals surface area contributed by atoms with Crippen molar-refractivity contribution >= 4 is 17.6 Å². The fourth-order valence-electron chi connectivity index (χ4n) is 2.49. The second-order valence-corrected chi connectivity index (χ2v) is 6.18. The van der Waals surface area contributed by atoms with Crippen LogP contribution in [0.1, 0.15) is 39.6 Å². The van der Waals surface area contributed by atoms with E-state index in [4.69, 9.17) is 4.74 Å². The molecule has 2 aromatic carbocycles. The molecule has 0 atom stereocenters. The molecule has 1 aromatic heterocycles. The maximum absolute atomic E-state index is 12.4. The first-order chi connectivity index (χ1) is 13.1. The zero-order valence-electron chi connectivity index (χ0n) is 15.3. The van der Waals surface area contributed by atoms with Crippen LogP contribution in [0.15, 0.2) is 60.9 Å². The van der Waals surface area contributed by atoms with Crippen LogP contribution in [0.3, 0.4) is 0 Å². The molecule has 0 aliphatic heterocycles. The molecule has 0 aliphatic rings. The molecule has 3 aromatic rings. The summed E-state index contributed by atoms with van der Waals surface area (Å²) in [6.07, 6.45) is 4.48. The van der Waals surface area contributed by atoms with Crippen molar-refractivity contribution in [1.29, 1.82) is 0 Å². The molecule has 0 spiro atoms. The van der Waals surface area contributed by atoms with Crippen molar-refractivity contribution in [1.82, 2.24) is 9.78 Å². The Hall–Kier alpha value is -3.41. The summed E-state index contributed by atoms with van der Waals surface area (Å²) < 4.78 is 6.84. The van der Waals surface area contributed by atoms with E-state index in [1.807, 2.05) is 32.2 Å². The predicted molar refractivity (Wildman–Crippen MR) is 103 cm³/mol. The summed E-state index contributed by atoms with van der Waals surface area (Å²) in [5, 5.41) is 7.07. The van der Waals surface area contributed by atoms with Crippen LogP contribution in [0.2, 0.25) is 0 Å². The van der Waals surface area contributed by atoms with Crippen molar-refractivity contribution < 1.29 is 14.3 Å². The quantitative estimate of drug-likeness (QED) is 0.672. The third kappa shape index (κ3) is 4.61. The van der Waals surface area contributed by atoms with Crippen molar-refractivity contribution in [2.75, 3.05) is 11.9 Å². The van der Waals surface area contributed by atoms with Gasteiger partial charge in [-0.1, -0.05) is 6.92 Å². The third-order valence-corrected chi connectivity index (χ3v) is 3.92. The highest BCUT2D eigenvalue weighted by Gasteiger charge is 2.09. The first-order valence-electron chi connectivity index (χ1n) is 8.77. The molecule has 1 N–H and O–H groups in total. The van der Waals surface area contributed by atoms with Gasteiger partial charge >= 0.3 is 5.97 Å². The topological polar surface area (TPSA) is 73.2 Å². The Balaban J connectivity index is 1.64. The van der Waals surface area contributed by atoms with Crippen LogP contribution in [-0.2, 0) is 4.74 Å². The number of benzene rings is 2. The fraction of sp³-hybridized carbons (Fsp3) is 0.190. The minimum Gasteiger partial charge on any atom is -0.462 e. The first-order valence-corrected chi connectivity index (χ1v) is 8.77. The molecule has 27 heavy (non-hydrogen) atoms. The van der Waals surface area contributed by atoms with E-state index in [1.54, 1.807) is 47.3 Å². The lowest BCUT2D eigenvalue weighted by Gasteiger charge is -2.08. The fourth-order valence-corrected chi connectivity index (χ4v) is 2.49. The second-order valence-electron chi connectivity index (χ2n) is 6.18. The summed E-state index contributed by atoms with van der Waals surface area (Å²) in [5.74, 6) is -0.585. The van der Waals surface area contributed by atoms with E-state index in [2.05, 4.69) is 10.4 Å². The van der Waals surface area contributed by atoms with Crippen LogP contribution in [-0.4, -0.2) is 28.3 Å². The van der Waals surface area contributed by atoms with Gasteiger partial charge in [0.25, 0.3) is 5.91 Å². The van der Waals surface area contributed by atoms with Gasteiger partial charge in [0.2, 0.25) is 0 Å². The van der Waals surface area contributed by atoms with Gasteiger partial charge in [-0.15, -0.1) is 0 Å². The van der Waals surface area contributed by atoms with Crippen molar-refractivity contribution in [3.63, 3.8) is 0 Å². The molecule has 0 fully saturated rings. The maximum atomic E-state index is 12.4. The number of nitrogens with one attached hydrogen (secondary N) is 1. The molecule has 0 saturated heterocycles. The van der Waals surface area contributed by atoms with Crippen molar-refractivity contribution in [3.05, 3.63) is 77.6 Å². The predicted octanol–water partition coefficient (Wildman–Crippen LogP) is 4.00. The van der Waals surface area contributed by atoms with Crippen LogP contribution in [0.25, 0.3) is 5.69 Å². The van der Waals surface area contributed by atoms with Gasteiger partial charge in [0.05, 0.1) is 24.1 Å². The van der Waals surface area contributed by atoms with Gasteiger partial charge in [0.15, 0.2) is 0 Å². The van der Waals surface area contributed by atoms with E-state index < -0.39 is 0 Å². The maximum Gasteiger partial charge on any atom is 0.338 e. The van der Waals surface area contributed by atoms with Gasteiger partial charge in [-0.3, -0.25) is 4.79 Å². The largest absolute Gasteiger partial charge is 0.462 e. The highest BCUT2D eigenvalue weighted by Crippen LogP contribution is 2.14. The van der Waals surface area contributed by atoms with E-state index in [0.717, 1.165) is 17.7 Å². The minimum atomic E-state index is -0.362. The lowest BCUT2D eigenvalue weighted by atomic mass is 10.1. The summed E-state index contributed by atoms with van der Waals surface area (Å²) in [6.45, 7) is 4.31. The number of ether oxygens (including phenoxy) is 1. The normalized spacial score (nSPS) is 10.4. The molecular formula is C21H21N3O3. The number of carbonyl (C=O) groups is 2. The Morgan fingerprint density at radius 1 is 1.04 bits per heavy atom. The number of amides is 1. The number of hydrogen-bond acceptors (Lipinski definition) is 4. The van der Waals surface area contributed by atoms with E-state index in [0.29, 0.717) is 23.4 Å². The summed E-state index contributed by atoms with van der Waals surface area (Å²) in [5.41, 5.74) is 3.56. The first kappa shape index (κ1) is 18.4. The van der Waals surface area contributed by atoms with Crippen LogP contribution in [0.4, 0.5) is 5.69 Å². The van der Waals surface area contributed by atoms with E-state index in [9.17, 15) is 9.59 Å². The molecular weight excluding hydrogens is 342 g/mol. The molecule has 138 valence electrons. The van der Waals surface area contributed by atoms with Gasteiger partial charge in [-0.2, -0.15) is 5.10 Å². The molecule has 1 amide bonds. The number of nitrogens with zero attached hydrogens (tertiary/aromatic N) is 2. The summed E-state index contributed by atoms with van der Waals surface area (Å²) >= 11 is 0. The molecule has 0 bridgehead atoms. The molecule has 0 aliphatic carbocycles. The number of anilines is 1. The van der Waals surface area contributed by atoms with Crippen molar-refractivity contribution in [3.8, 4) is 5.69 Å². The number of aromatic nitrogens is 2. The van der Waals surface area contributed by atoms with Crippen molar-refractivity contribution in [2.24, 2.45) is 0 Å². The van der Waals surface area contributed by atoms with Gasteiger partial charge in [0.1, 0.15) is 0 Å². The molecule has 3 rings (SSSR count). The second kappa shape index (κ2) is 8.31. The van der Waals surface area contributed by atoms with Crippen LogP contribution in [0.5, 0.6) is 0 Å². The number of hydrogen-bond donors (Lipinski definition) is 1. The Morgan fingerprint density at radius 3 is 2.30 bits per heavy atom. The average Bonchev–Trinajstić information content (AvgIpc) is 3.13. The number of esters is 1. The van der Waals surface area contributed by atoms with E-state index in [1.165, 1.54) is 0 Å². The number of aryl methyl sites for hydroxylation is 1. The summed E-state index contributed by atoms with van der Waals surface area (Å²) in [6, 6.07) is 13.8. The summed E-state index contributed by atoms with van der Waals surface area (Å²) in [7, 11) is 0. The Labute approximate surface area is 157 Å². The molecule has 0 radical (unpaired) electrons. The Morgan fingerprint density at radius 2 is 1.70 bits per heavy atom. The summed E-state index contributed by atoms with van der Waals surface area (Å²) in [4.78, 5) is 24.2. The Kier molecular flexibility index (Phi) is 5.66. The number of rotatable bonds is 6. The average molecular weight is 363 g/mol. The van der Waals surface area contributed by atoms with Gasteiger partial charge in [-0.25, -0.2) is 9.48 Å². The zero-order chi connectivity index (χ0) is 19.2. The van der Waals surface area contributed by atoms with E-state index in [-0.39, 0.29) is 11.9 Å². The zero-order valence-corrected chi connectivity index (χ0v) is 15.3. The molecule has 0 saturated carbocycles. The van der Waals surface area contributed by atoms with Crippen LogP contribution < -0.4 is 5.32 Å². The minimum absolute atomic E-state index is 0.223. The van der Waals surface area contributed by atoms with Gasteiger partial charge in [-0.05, 0) is 67.4 Å². The SMILES string of the molecule is CCCOC(=O)c1ccc(NC(=O)c2ccc(-n3cc(C)cn3)cc2)cc1. The standard InChI is InChI=1S/C21H21N3O3/c1-3-12-27-21(26)17-4-8-18(9-5-17)23-20(25)16-6-10-19(11-7-16)24-14-15(2)13-22-24/h4-11,13-14H,3,12H2,1-2H3,(H,23,25). The van der Waals surface area contributed by atoms with Crippen molar-refractivity contribution in [2.45, 2.75) is 20.3 Å². The molecule has 6 heteroatoms. The highest BCUT2D eigenvalue weighted by atomic mass is 16.5. The smallest absolute Gasteiger partial charge is 0.338 e. The lowest BCUT2D eigenvalue weighted by Crippen LogP contribution is -2.12. The van der Waals surface area contributed by atoms with Crippen LogP contribution in [0, 0.1) is 6.92 Å². The number of carbonyl (C=O) groups excluding carboxylic acids is 2. The third-order valence-electron chi connectivity index (χ3n) is 3.92.